The summed E-state index contributed by atoms with van der Waals surface area (Å²) in [5, 5.41) is 2.01. The lowest BCUT2D eigenvalue weighted by molar-refractivity contribution is 0.668. The summed E-state index contributed by atoms with van der Waals surface area (Å²) in [4.78, 5) is 0. The fourth-order valence-electron chi connectivity index (χ4n) is 2.14. The molecule has 92 valence electrons. The molecule has 0 bridgehead atoms. The molecule has 0 aliphatic rings. The Hall–Kier alpha value is -1.03. The highest BCUT2D eigenvalue weighted by Crippen LogP contribution is 2.25. The minimum atomic E-state index is 0.665. The molecule has 0 aliphatic carbocycles. The van der Waals surface area contributed by atoms with Crippen molar-refractivity contribution in [3.05, 3.63) is 35.0 Å². The molecule has 0 saturated heterocycles. The van der Waals surface area contributed by atoms with E-state index in [-0.39, 0.29) is 0 Å². The third kappa shape index (κ3) is 2.63. The van der Waals surface area contributed by atoms with E-state index in [2.05, 4.69) is 16.8 Å². The van der Waals surface area contributed by atoms with Gasteiger partial charge >= 0.3 is 0 Å². The Balaban J connectivity index is 2.46. The van der Waals surface area contributed by atoms with Crippen LogP contribution in [0.4, 0.5) is 0 Å². The van der Waals surface area contributed by atoms with Crippen LogP contribution in [0.25, 0.3) is 10.9 Å². The highest BCUT2D eigenvalue weighted by molar-refractivity contribution is 6.31. The van der Waals surface area contributed by atoms with Crippen molar-refractivity contribution in [3.8, 4) is 0 Å². The van der Waals surface area contributed by atoms with Crippen LogP contribution < -0.4 is 11.5 Å². The molecule has 3 nitrogen and oxygen atoms in total. The van der Waals surface area contributed by atoms with Crippen LogP contribution in [0.3, 0.4) is 0 Å². The first-order chi connectivity index (χ1) is 8.26. The van der Waals surface area contributed by atoms with E-state index in [1.807, 2.05) is 12.1 Å². The zero-order valence-electron chi connectivity index (χ0n) is 9.82. The molecule has 2 aromatic rings. The van der Waals surface area contributed by atoms with E-state index >= 15 is 0 Å². The minimum Gasteiger partial charge on any atom is -0.347 e. The Morgan fingerprint density at radius 2 is 2.00 bits per heavy atom. The molecule has 0 saturated carbocycles. The van der Waals surface area contributed by atoms with Gasteiger partial charge in [0.2, 0.25) is 0 Å². The standard InChI is InChI=1S/C13H18ClN3/c14-11-2-3-12-10(4-6-16)9-17(7-1-5-15)13(12)8-11/h2-3,8-9H,1,4-7,15-16H2. The number of aromatic nitrogens is 1. The van der Waals surface area contributed by atoms with Crippen molar-refractivity contribution >= 4 is 22.5 Å². The first kappa shape index (κ1) is 12.4. The average molecular weight is 252 g/mol. The summed E-state index contributed by atoms with van der Waals surface area (Å²) in [6, 6.07) is 6.01. The van der Waals surface area contributed by atoms with Gasteiger partial charge in [0, 0.05) is 28.7 Å². The normalized spacial score (nSPS) is 11.2. The second kappa shape index (κ2) is 5.54. The minimum absolute atomic E-state index is 0.665. The molecule has 4 heteroatoms. The fourth-order valence-corrected chi connectivity index (χ4v) is 2.31. The van der Waals surface area contributed by atoms with Crippen LogP contribution in [-0.2, 0) is 13.0 Å². The van der Waals surface area contributed by atoms with Gasteiger partial charge in [-0.1, -0.05) is 17.7 Å². The van der Waals surface area contributed by atoms with Crippen LogP contribution in [0.1, 0.15) is 12.0 Å². The molecular formula is C13H18ClN3. The number of nitrogens with two attached hydrogens (primary N) is 2. The van der Waals surface area contributed by atoms with Crippen molar-refractivity contribution in [2.24, 2.45) is 11.5 Å². The smallest absolute Gasteiger partial charge is 0.0498 e. The van der Waals surface area contributed by atoms with Gasteiger partial charge in [-0.15, -0.1) is 0 Å². The maximum atomic E-state index is 6.05. The number of benzene rings is 1. The Kier molecular flexibility index (Phi) is 4.05. The van der Waals surface area contributed by atoms with Gasteiger partial charge in [-0.2, -0.15) is 0 Å². The predicted molar refractivity (Wildman–Crippen MR) is 73.4 cm³/mol. The molecule has 0 aliphatic heterocycles. The van der Waals surface area contributed by atoms with Crippen LogP contribution in [0.5, 0.6) is 0 Å². The van der Waals surface area contributed by atoms with Gasteiger partial charge in [0.25, 0.3) is 0 Å². The molecule has 0 fully saturated rings. The van der Waals surface area contributed by atoms with Crippen molar-refractivity contribution in [1.29, 1.82) is 0 Å². The van der Waals surface area contributed by atoms with Gasteiger partial charge in [-0.3, -0.25) is 0 Å². The average Bonchev–Trinajstić information content (AvgIpc) is 2.65. The SMILES string of the molecule is NCCCn1cc(CCN)c2ccc(Cl)cc21. The maximum absolute atomic E-state index is 6.05. The lowest BCUT2D eigenvalue weighted by Gasteiger charge is -2.03. The van der Waals surface area contributed by atoms with Crippen molar-refractivity contribution in [2.75, 3.05) is 13.1 Å². The molecule has 1 heterocycles. The number of rotatable bonds is 5. The van der Waals surface area contributed by atoms with Gasteiger partial charge in [0.15, 0.2) is 0 Å². The van der Waals surface area contributed by atoms with Crippen LogP contribution >= 0.6 is 11.6 Å². The monoisotopic (exact) mass is 251 g/mol. The summed E-state index contributed by atoms with van der Waals surface area (Å²) < 4.78 is 2.22. The lowest BCUT2D eigenvalue weighted by atomic mass is 10.1. The van der Waals surface area contributed by atoms with E-state index in [4.69, 9.17) is 23.1 Å². The number of halogens is 1. The quantitative estimate of drug-likeness (QED) is 0.856. The Labute approximate surface area is 106 Å². The van der Waals surface area contributed by atoms with Crippen LogP contribution in [-0.4, -0.2) is 17.7 Å². The summed E-state index contributed by atoms with van der Waals surface area (Å²) >= 11 is 6.05. The van der Waals surface area contributed by atoms with Crippen LogP contribution in [0, 0.1) is 0 Å². The zero-order valence-corrected chi connectivity index (χ0v) is 10.6. The molecule has 0 radical (unpaired) electrons. The maximum Gasteiger partial charge on any atom is 0.0498 e. The summed E-state index contributed by atoms with van der Waals surface area (Å²) in [7, 11) is 0. The molecular weight excluding hydrogens is 234 g/mol. The van der Waals surface area contributed by atoms with Crippen LogP contribution in [0.2, 0.25) is 5.02 Å². The Morgan fingerprint density at radius 3 is 2.71 bits per heavy atom. The second-order valence-corrected chi connectivity index (χ2v) is 4.63. The van der Waals surface area contributed by atoms with Gasteiger partial charge in [0.1, 0.15) is 0 Å². The number of hydrogen-bond donors (Lipinski definition) is 2. The lowest BCUT2D eigenvalue weighted by Crippen LogP contribution is -2.05. The van der Waals surface area contributed by atoms with Gasteiger partial charge in [-0.05, 0) is 43.6 Å². The highest BCUT2D eigenvalue weighted by atomic mass is 35.5. The second-order valence-electron chi connectivity index (χ2n) is 4.19. The number of aryl methyl sites for hydroxylation is 1. The van der Waals surface area contributed by atoms with E-state index in [1.54, 1.807) is 0 Å². The van der Waals surface area contributed by atoms with E-state index in [9.17, 15) is 0 Å². The number of hydrogen-bond acceptors (Lipinski definition) is 2. The van der Waals surface area contributed by atoms with E-state index < -0.39 is 0 Å². The van der Waals surface area contributed by atoms with Gasteiger partial charge < -0.3 is 16.0 Å². The highest BCUT2D eigenvalue weighted by Gasteiger charge is 2.08. The molecule has 0 atom stereocenters. The molecule has 4 N–H and O–H groups in total. The van der Waals surface area contributed by atoms with E-state index in [0.717, 1.165) is 24.4 Å². The van der Waals surface area contributed by atoms with Gasteiger partial charge in [0.05, 0.1) is 0 Å². The van der Waals surface area contributed by atoms with Crippen molar-refractivity contribution in [3.63, 3.8) is 0 Å². The summed E-state index contributed by atoms with van der Waals surface area (Å²) in [5.41, 5.74) is 13.7. The molecule has 1 aromatic heterocycles. The summed E-state index contributed by atoms with van der Waals surface area (Å²) in [6.45, 7) is 2.29. The first-order valence-corrected chi connectivity index (χ1v) is 6.31. The van der Waals surface area contributed by atoms with Crippen molar-refractivity contribution in [2.45, 2.75) is 19.4 Å². The Bertz CT molecular complexity index is 505. The Morgan fingerprint density at radius 1 is 1.18 bits per heavy atom. The van der Waals surface area contributed by atoms with Gasteiger partial charge in [-0.25, -0.2) is 0 Å². The number of nitrogens with zero attached hydrogens (tertiary/aromatic N) is 1. The summed E-state index contributed by atoms with van der Waals surface area (Å²) in [6.07, 6.45) is 4.04. The first-order valence-electron chi connectivity index (χ1n) is 5.93. The molecule has 2 rings (SSSR count). The zero-order chi connectivity index (χ0) is 12.3. The summed E-state index contributed by atoms with van der Waals surface area (Å²) in [5.74, 6) is 0. The van der Waals surface area contributed by atoms with E-state index in [1.165, 1.54) is 16.5 Å². The van der Waals surface area contributed by atoms with Crippen molar-refractivity contribution in [1.82, 2.24) is 4.57 Å². The molecule has 1 aromatic carbocycles. The third-order valence-electron chi connectivity index (χ3n) is 2.94. The topological polar surface area (TPSA) is 57.0 Å². The largest absolute Gasteiger partial charge is 0.347 e. The number of fused-ring (bicyclic) bond motifs is 1. The molecule has 0 unspecified atom stereocenters. The molecule has 0 amide bonds. The van der Waals surface area contributed by atoms with E-state index in [0.29, 0.717) is 13.1 Å². The van der Waals surface area contributed by atoms with Crippen LogP contribution in [0.15, 0.2) is 24.4 Å². The predicted octanol–water partition coefficient (Wildman–Crippen LogP) is 2.14. The van der Waals surface area contributed by atoms with Crippen molar-refractivity contribution < 1.29 is 0 Å². The third-order valence-corrected chi connectivity index (χ3v) is 3.18. The molecule has 0 spiro atoms. The molecule has 17 heavy (non-hydrogen) atoms. The fraction of sp³-hybridized carbons (Fsp3) is 0.385.